The molecule has 1 atom stereocenters. The third-order valence-electron chi connectivity index (χ3n) is 3.38. The highest BCUT2D eigenvalue weighted by Crippen LogP contribution is 2.39. The maximum Gasteiger partial charge on any atom is 0.433 e. The number of aromatic nitrogens is 1. The molecule has 6 heteroatoms. The fraction of sp³-hybridized carbons (Fsp3) is 0.357. The molecule has 1 saturated carbocycles. The lowest BCUT2D eigenvalue weighted by Crippen LogP contribution is -2.08. The Kier molecular flexibility index (Phi) is 2.85. The van der Waals surface area contributed by atoms with Crippen molar-refractivity contribution in [3.05, 3.63) is 41.2 Å². The van der Waals surface area contributed by atoms with Crippen LogP contribution in [0.4, 0.5) is 13.2 Å². The van der Waals surface area contributed by atoms with E-state index in [2.05, 4.69) is 16.0 Å². The Bertz CT molecular complexity index is 631. The molecule has 2 aliphatic rings. The van der Waals surface area contributed by atoms with Crippen LogP contribution in [0.5, 0.6) is 0 Å². The predicted octanol–water partition coefficient (Wildman–Crippen LogP) is 3.46. The molecular formula is C14H10F3N3. The van der Waals surface area contributed by atoms with Crippen molar-refractivity contribution in [3.63, 3.8) is 0 Å². The molecule has 2 heterocycles. The first-order chi connectivity index (χ1) is 9.49. The fourth-order valence-corrected chi connectivity index (χ4v) is 2.20. The van der Waals surface area contributed by atoms with Crippen LogP contribution in [0.3, 0.4) is 0 Å². The summed E-state index contributed by atoms with van der Waals surface area (Å²) in [6, 6.07) is 4.02. The molecule has 102 valence electrons. The SMILES string of the molecule is N#CC1=CC(c2ccc(C(F)(F)F)nc2)N=C1C1CC1. The minimum absolute atomic E-state index is 0.341. The maximum absolute atomic E-state index is 12.4. The Morgan fingerprint density at radius 1 is 1.25 bits per heavy atom. The van der Waals surface area contributed by atoms with Crippen LogP contribution in [0, 0.1) is 17.2 Å². The molecule has 20 heavy (non-hydrogen) atoms. The van der Waals surface area contributed by atoms with E-state index in [9.17, 15) is 13.2 Å². The third-order valence-corrected chi connectivity index (χ3v) is 3.38. The summed E-state index contributed by atoms with van der Waals surface area (Å²) in [5.41, 5.74) is 0.978. The zero-order valence-electron chi connectivity index (χ0n) is 10.4. The van der Waals surface area contributed by atoms with Crippen molar-refractivity contribution in [3.8, 4) is 6.07 Å². The second-order valence-corrected chi connectivity index (χ2v) is 4.90. The van der Waals surface area contributed by atoms with Crippen molar-refractivity contribution < 1.29 is 13.2 Å². The third kappa shape index (κ3) is 2.31. The topological polar surface area (TPSA) is 49.0 Å². The summed E-state index contributed by atoms with van der Waals surface area (Å²) in [5.74, 6) is 0.341. The van der Waals surface area contributed by atoms with Gasteiger partial charge in [-0.15, -0.1) is 0 Å². The molecule has 1 aromatic heterocycles. The molecule has 1 unspecified atom stereocenters. The number of pyridine rings is 1. The zero-order chi connectivity index (χ0) is 14.3. The highest BCUT2D eigenvalue weighted by Gasteiger charge is 2.35. The van der Waals surface area contributed by atoms with Gasteiger partial charge in [0.1, 0.15) is 11.8 Å². The molecule has 0 N–H and O–H groups in total. The van der Waals surface area contributed by atoms with Crippen molar-refractivity contribution in [1.82, 2.24) is 4.98 Å². The van der Waals surface area contributed by atoms with E-state index < -0.39 is 17.9 Å². The van der Waals surface area contributed by atoms with Gasteiger partial charge in [0.25, 0.3) is 0 Å². The van der Waals surface area contributed by atoms with Crippen LogP contribution < -0.4 is 0 Å². The van der Waals surface area contributed by atoms with E-state index in [1.165, 1.54) is 12.3 Å². The van der Waals surface area contributed by atoms with Crippen molar-refractivity contribution in [2.75, 3.05) is 0 Å². The Morgan fingerprint density at radius 2 is 2.00 bits per heavy atom. The molecule has 0 amide bonds. The van der Waals surface area contributed by atoms with E-state index in [-0.39, 0.29) is 0 Å². The molecule has 1 aliphatic carbocycles. The first kappa shape index (κ1) is 12.9. The summed E-state index contributed by atoms with van der Waals surface area (Å²) >= 11 is 0. The Labute approximate surface area is 113 Å². The highest BCUT2D eigenvalue weighted by molar-refractivity contribution is 6.08. The van der Waals surface area contributed by atoms with Gasteiger partial charge in [-0.2, -0.15) is 18.4 Å². The fourth-order valence-electron chi connectivity index (χ4n) is 2.20. The van der Waals surface area contributed by atoms with Gasteiger partial charge >= 0.3 is 6.18 Å². The van der Waals surface area contributed by atoms with Gasteiger partial charge in [-0.05, 0) is 30.5 Å². The van der Waals surface area contributed by atoms with E-state index in [0.717, 1.165) is 24.6 Å². The van der Waals surface area contributed by atoms with Crippen LogP contribution in [0.15, 0.2) is 35.0 Å². The highest BCUT2D eigenvalue weighted by atomic mass is 19.4. The molecule has 0 spiro atoms. The molecular weight excluding hydrogens is 267 g/mol. The Balaban J connectivity index is 1.87. The molecule has 0 bridgehead atoms. The van der Waals surface area contributed by atoms with Crippen molar-refractivity contribution in [2.45, 2.75) is 25.1 Å². The summed E-state index contributed by atoms with van der Waals surface area (Å²) in [4.78, 5) is 7.87. The first-order valence-electron chi connectivity index (χ1n) is 6.22. The molecule has 3 rings (SSSR count). The van der Waals surface area contributed by atoms with Gasteiger partial charge in [-0.3, -0.25) is 9.98 Å². The minimum Gasteiger partial charge on any atom is -0.276 e. The van der Waals surface area contributed by atoms with Gasteiger partial charge in [-0.1, -0.05) is 6.07 Å². The lowest BCUT2D eigenvalue weighted by molar-refractivity contribution is -0.141. The number of halogens is 3. The van der Waals surface area contributed by atoms with E-state index in [4.69, 9.17) is 5.26 Å². The van der Waals surface area contributed by atoms with Crippen molar-refractivity contribution in [2.24, 2.45) is 10.9 Å². The Morgan fingerprint density at radius 3 is 2.50 bits per heavy atom. The standard InChI is InChI=1S/C14H10F3N3/c15-14(16,17)12-4-3-9(7-19-12)11-5-10(6-18)13(20-11)8-1-2-8/h3-5,7-8,11H,1-2H2. The number of nitriles is 1. The lowest BCUT2D eigenvalue weighted by Gasteiger charge is -2.08. The molecule has 1 fully saturated rings. The molecule has 0 aromatic carbocycles. The summed E-state index contributed by atoms with van der Waals surface area (Å²) in [6.45, 7) is 0. The van der Waals surface area contributed by atoms with Crippen LogP contribution in [-0.2, 0) is 6.18 Å². The van der Waals surface area contributed by atoms with Crippen LogP contribution in [0.25, 0.3) is 0 Å². The van der Waals surface area contributed by atoms with Gasteiger partial charge < -0.3 is 0 Å². The average Bonchev–Trinajstić information content (AvgIpc) is 3.17. The van der Waals surface area contributed by atoms with Crippen LogP contribution in [0.2, 0.25) is 0 Å². The van der Waals surface area contributed by atoms with E-state index in [1.54, 1.807) is 6.08 Å². The van der Waals surface area contributed by atoms with Crippen molar-refractivity contribution in [1.29, 1.82) is 5.26 Å². The quantitative estimate of drug-likeness (QED) is 0.831. The van der Waals surface area contributed by atoms with Crippen LogP contribution in [-0.4, -0.2) is 10.7 Å². The van der Waals surface area contributed by atoms with E-state index in [0.29, 0.717) is 17.1 Å². The van der Waals surface area contributed by atoms with Crippen LogP contribution >= 0.6 is 0 Å². The largest absolute Gasteiger partial charge is 0.433 e. The minimum atomic E-state index is -4.44. The smallest absolute Gasteiger partial charge is 0.276 e. The summed E-state index contributed by atoms with van der Waals surface area (Å²) in [7, 11) is 0. The van der Waals surface area contributed by atoms with E-state index >= 15 is 0 Å². The normalized spacial score (nSPS) is 22.2. The second-order valence-electron chi connectivity index (χ2n) is 4.90. The average molecular weight is 277 g/mol. The first-order valence-corrected chi connectivity index (χ1v) is 6.22. The van der Waals surface area contributed by atoms with Gasteiger partial charge in [0.2, 0.25) is 0 Å². The number of rotatable bonds is 2. The number of nitrogens with zero attached hydrogens (tertiary/aromatic N) is 3. The number of hydrogen-bond acceptors (Lipinski definition) is 3. The molecule has 1 aromatic rings. The van der Waals surface area contributed by atoms with Gasteiger partial charge in [0, 0.05) is 12.1 Å². The van der Waals surface area contributed by atoms with Crippen molar-refractivity contribution >= 4 is 5.71 Å². The van der Waals surface area contributed by atoms with Gasteiger partial charge in [0.05, 0.1) is 17.3 Å². The summed E-state index contributed by atoms with van der Waals surface area (Å²) < 4.78 is 37.3. The number of hydrogen-bond donors (Lipinski definition) is 0. The molecule has 3 nitrogen and oxygen atoms in total. The lowest BCUT2D eigenvalue weighted by atomic mass is 10.1. The summed E-state index contributed by atoms with van der Waals surface area (Å²) in [6.07, 6.45) is 0.478. The predicted molar refractivity (Wildman–Crippen MR) is 65.8 cm³/mol. The number of aliphatic imine (C=N–C) groups is 1. The molecule has 0 saturated heterocycles. The molecule has 1 aliphatic heterocycles. The monoisotopic (exact) mass is 277 g/mol. The van der Waals surface area contributed by atoms with Crippen LogP contribution in [0.1, 0.15) is 30.1 Å². The number of allylic oxidation sites excluding steroid dienone is 1. The number of alkyl halides is 3. The zero-order valence-corrected chi connectivity index (χ0v) is 10.4. The second kappa shape index (κ2) is 4.44. The Hall–Kier alpha value is -2.16. The van der Waals surface area contributed by atoms with Gasteiger partial charge in [-0.25, -0.2) is 0 Å². The molecule has 0 radical (unpaired) electrons. The van der Waals surface area contributed by atoms with Gasteiger partial charge in [0.15, 0.2) is 0 Å². The summed E-state index contributed by atoms with van der Waals surface area (Å²) in [5, 5.41) is 9.07. The maximum atomic E-state index is 12.4. The van der Waals surface area contributed by atoms with E-state index in [1.807, 2.05) is 0 Å².